The third-order valence-corrected chi connectivity index (χ3v) is 2.93. The van der Waals surface area contributed by atoms with E-state index in [2.05, 4.69) is 10.4 Å². The van der Waals surface area contributed by atoms with Crippen molar-refractivity contribution in [1.29, 1.82) is 0 Å². The van der Waals surface area contributed by atoms with Gasteiger partial charge in [-0.25, -0.2) is 0 Å². The molecule has 0 radical (unpaired) electrons. The molecule has 0 bridgehead atoms. The quantitative estimate of drug-likeness (QED) is 0.810. The molecule has 0 aliphatic rings. The van der Waals surface area contributed by atoms with Crippen molar-refractivity contribution in [3.05, 3.63) is 48.3 Å². The van der Waals surface area contributed by atoms with Crippen LogP contribution in [0.2, 0.25) is 0 Å². The van der Waals surface area contributed by atoms with Crippen LogP contribution in [0.4, 0.5) is 5.69 Å². The zero-order chi connectivity index (χ0) is 14.5. The fourth-order valence-electron chi connectivity index (χ4n) is 1.70. The van der Waals surface area contributed by atoms with E-state index >= 15 is 0 Å². The summed E-state index contributed by atoms with van der Waals surface area (Å²) in [6.45, 7) is 1.86. The molecular weight excluding hydrogens is 258 g/mol. The fraction of sp³-hybridized carbons (Fsp3) is 0.214. The molecule has 0 aliphatic carbocycles. The first kappa shape index (κ1) is 13.8. The molecule has 2 N–H and O–H groups in total. The lowest BCUT2D eigenvalue weighted by Crippen LogP contribution is -2.27. The SMILES string of the molecule is CC(C(=O)O)C(=O)Nc1ccccc1Cn1cccn1. The summed E-state index contributed by atoms with van der Waals surface area (Å²) in [6.07, 6.45) is 3.49. The number of nitrogens with one attached hydrogen (secondary N) is 1. The molecule has 0 fully saturated rings. The fourth-order valence-corrected chi connectivity index (χ4v) is 1.70. The standard InChI is InChI=1S/C14H15N3O3/c1-10(14(19)20)13(18)16-12-6-3-2-5-11(12)9-17-8-4-7-15-17/h2-8,10H,9H2,1H3,(H,16,18)(H,19,20). The van der Waals surface area contributed by atoms with Crippen molar-refractivity contribution in [2.45, 2.75) is 13.5 Å². The van der Waals surface area contributed by atoms with Gasteiger partial charge in [0.15, 0.2) is 0 Å². The van der Waals surface area contributed by atoms with Crippen LogP contribution in [0, 0.1) is 5.92 Å². The number of hydrogen-bond donors (Lipinski definition) is 2. The van der Waals surface area contributed by atoms with Gasteiger partial charge in [-0.3, -0.25) is 14.3 Å². The van der Waals surface area contributed by atoms with E-state index in [9.17, 15) is 9.59 Å². The summed E-state index contributed by atoms with van der Waals surface area (Å²) in [5.41, 5.74) is 1.46. The van der Waals surface area contributed by atoms with Crippen molar-refractivity contribution in [2.75, 3.05) is 5.32 Å². The number of para-hydroxylation sites is 1. The Morgan fingerprint density at radius 1 is 1.35 bits per heavy atom. The summed E-state index contributed by atoms with van der Waals surface area (Å²) < 4.78 is 1.73. The van der Waals surface area contributed by atoms with Crippen molar-refractivity contribution in [1.82, 2.24) is 9.78 Å². The van der Waals surface area contributed by atoms with E-state index < -0.39 is 17.8 Å². The Morgan fingerprint density at radius 2 is 2.10 bits per heavy atom. The molecule has 20 heavy (non-hydrogen) atoms. The summed E-state index contributed by atoms with van der Waals surface area (Å²) in [7, 11) is 0. The van der Waals surface area contributed by atoms with Gasteiger partial charge in [0.1, 0.15) is 5.92 Å². The van der Waals surface area contributed by atoms with Crippen LogP contribution in [0.15, 0.2) is 42.7 Å². The molecule has 0 saturated carbocycles. The molecule has 6 heteroatoms. The second-order valence-electron chi connectivity index (χ2n) is 4.41. The van der Waals surface area contributed by atoms with Crippen molar-refractivity contribution in [3.8, 4) is 0 Å². The minimum atomic E-state index is -1.15. The average Bonchev–Trinajstić information content (AvgIpc) is 2.92. The van der Waals surface area contributed by atoms with Gasteiger partial charge in [0.25, 0.3) is 0 Å². The normalized spacial score (nSPS) is 11.8. The minimum absolute atomic E-state index is 0.505. The highest BCUT2D eigenvalue weighted by Crippen LogP contribution is 2.17. The number of nitrogens with zero attached hydrogens (tertiary/aromatic N) is 2. The topological polar surface area (TPSA) is 84.2 Å². The van der Waals surface area contributed by atoms with E-state index in [-0.39, 0.29) is 0 Å². The molecule has 1 atom stereocenters. The number of carbonyl (C=O) groups is 2. The average molecular weight is 273 g/mol. The summed E-state index contributed by atoms with van der Waals surface area (Å²) >= 11 is 0. The van der Waals surface area contributed by atoms with Crippen LogP contribution in [0.5, 0.6) is 0 Å². The second kappa shape index (κ2) is 6.01. The zero-order valence-corrected chi connectivity index (χ0v) is 11.0. The van der Waals surface area contributed by atoms with Crippen molar-refractivity contribution in [3.63, 3.8) is 0 Å². The Hall–Kier alpha value is -2.63. The minimum Gasteiger partial charge on any atom is -0.481 e. The highest BCUT2D eigenvalue weighted by molar-refractivity contribution is 6.04. The van der Waals surface area contributed by atoms with E-state index in [1.54, 1.807) is 23.0 Å². The van der Waals surface area contributed by atoms with E-state index in [4.69, 9.17) is 5.11 Å². The van der Waals surface area contributed by atoms with E-state index in [1.165, 1.54) is 6.92 Å². The number of aromatic nitrogens is 2. The van der Waals surface area contributed by atoms with Crippen LogP contribution < -0.4 is 5.32 Å². The maximum absolute atomic E-state index is 11.8. The number of hydrogen-bond acceptors (Lipinski definition) is 3. The second-order valence-corrected chi connectivity index (χ2v) is 4.41. The number of rotatable bonds is 5. The van der Waals surface area contributed by atoms with Crippen LogP contribution in [-0.4, -0.2) is 26.8 Å². The highest BCUT2D eigenvalue weighted by Gasteiger charge is 2.21. The third-order valence-electron chi connectivity index (χ3n) is 2.93. The van der Waals surface area contributed by atoms with Crippen LogP contribution in [0.1, 0.15) is 12.5 Å². The maximum atomic E-state index is 11.8. The Labute approximate surface area is 116 Å². The molecule has 0 aliphatic heterocycles. The predicted octanol–water partition coefficient (Wildman–Crippen LogP) is 1.59. The molecule has 1 amide bonds. The summed E-state index contributed by atoms with van der Waals surface area (Å²) in [5.74, 6) is -2.77. The first-order chi connectivity index (χ1) is 9.58. The molecule has 0 spiro atoms. The third kappa shape index (κ3) is 3.23. The Kier molecular flexibility index (Phi) is 4.14. The van der Waals surface area contributed by atoms with Gasteiger partial charge in [-0.05, 0) is 24.6 Å². The molecule has 1 aromatic heterocycles. The number of carbonyl (C=O) groups excluding carboxylic acids is 1. The van der Waals surface area contributed by atoms with Crippen LogP contribution in [0.25, 0.3) is 0 Å². The number of aliphatic carboxylic acids is 1. The van der Waals surface area contributed by atoms with Gasteiger partial charge in [-0.2, -0.15) is 5.10 Å². The molecule has 2 rings (SSSR count). The van der Waals surface area contributed by atoms with Crippen LogP contribution >= 0.6 is 0 Å². The number of carboxylic acids is 1. The first-order valence-corrected chi connectivity index (χ1v) is 6.17. The molecule has 2 aromatic rings. The number of benzene rings is 1. The number of carboxylic acid groups (broad SMARTS) is 1. The van der Waals surface area contributed by atoms with E-state index in [1.807, 2.05) is 24.4 Å². The van der Waals surface area contributed by atoms with E-state index in [0.29, 0.717) is 12.2 Å². The van der Waals surface area contributed by atoms with Crippen molar-refractivity contribution in [2.24, 2.45) is 5.92 Å². The maximum Gasteiger partial charge on any atom is 0.315 e. The first-order valence-electron chi connectivity index (χ1n) is 6.17. The molecule has 1 unspecified atom stereocenters. The molecule has 0 saturated heterocycles. The van der Waals surface area contributed by atoms with Gasteiger partial charge in [0.05, 0.1) is 6.54 Å². The number of amides is 1. The lowest BCUT2D eigenvalue weighted by molar-refractivity contribution is -0.144. The molecule has 104 valence electrons. The predicted molar refractivity (Wildman–Crippen MR) is 73.2 cm³/mol. The van der Waals surface area contributed by atoms with Gasteiger partial charge < -0.3 is 10.4 Å². The van der Waals surface area contributed by atoms with Gasteiger partial charge in [-0.1, -0.05) is 18.2 Å². The van der Waals surface area contributed by atoms with Crippen molar-refractivity contribution < 1.29 is 14.7 Å². The Morgan fingerprint density at radius 3 is 2.75 bits per heavy atom. The monoisotopic (exact) mass is 273 g/mol. The van der Waals surface area contributed by atoms with Gasteiger partial charge in [0, 0.05) is 18.1 Å². The molecular formula is C14H15N3O3. The van der Waals surface area contributed by atoms with Gasteiger partial charge >= 0.3 is 5.97 Å². The Balaban J connectivity index is 2.16. The summed E-state index contributed by atoms with van der Waals surface area (Å²) in [6, 6.07) is 9.06. The highest BCUT2D eigenvalue weighted by atomic mass is 16.4. The van der Waals surface area contributed by atoms with Crippen molar-refractivity contribution >= 4 is 17.6 Å². The zero-order valence-electron chi connectivity index (χ0n) is 11.0. The van der Waals surface area contributed by atoms with Gasteiger partial charge in [0.2, 0.25) is 5.91 Å². The Bertz CT molecular complexity index is 608. The van der Waals surface area contributed by atoms with Gasteiger partial charge in [-0.15, -0.1) is 0 Å². The summed E-state index contributed by atoms with van der Waals surface area (Å²) in [4.78, 5) is 22.6. The van der Waals surface area contributed by atoms with E-state index in [0.717, 1.165) is 5.56 Å². The molecule has 6 nitrogen and oxygen atoms in total. The summed E-state index contributed by atoms with van der Waals surface area (Å²) in [5, 5.41) is 15.6. The van der Waals surface area contributed by atoms with Crippen LogP contribution in [0.3, 0.4) is 0 Å². The number of anilines is 1. The lowest BCUT2D eigenvalue weighted by Gasteiger charge is -2.12. The van der Waals surface area contributed by atoms with Crippen LogP contribution in [-0.2, 0) is 16.1 Å². The molecule has 1 aromatic carbocycles. The largest absolute Gasteiger partial charge is 0.481 e. The lowest BCUT2D eigenvalue weighted by atomic mass is 10.1. The smallest absolute Gasteiger partial charge is 0.315 e. The molecule has 1 heterocycles.